The van der Waals surface area contributed by atoms with Gasteiger partial charge < -0.3 is 10.0 Å². The number of carbonyl (C=O) groups excluding carboxylic acids is 1. The lowest BCUT2D eigenvalue weighted by molar-refractivity contribution is -0.384. The molecule has 8 heteroatoms. The van der Waals surface area contributed by atoms with Gasteiger partial charge in [-0.3, -0.25) is 19.9 Å². The molecule has 2 atom stereocenters. The maximum absolute atomic E-state index is 13.3. The molecule has 0 radical (unpaired) electrons. The van der Waals surface area contributed by atoms with Gasteiger partial charge in [-0.25, -0.2) is 0 Å². The van der Waals surface area contributed by atoms with E-state index in [0.29, 0.717) is 27.5 Å². The molecule has 0 fully saturated rings. The van der Waals surface area contributed by atoms with Crippen molar-refractivity contribution in [2.75, 3.05) is 11.9 Å². The SMILES string of the molecule is CN1C(=O)C(C(O)c2ccc([N+](=O)[O-])cc2)N=C(c2ccccc2)c2cc(Cl)ccc21. The van der Waals surface area contributed by atoms with Crippen LogP contribution in [-0.4, -0.2) is 34.7 Å². The number of halogens is 1. The van der Waals surface area contributed by atoms with Gasteiger partial charge in [0.2, 0.25) is 0 Å². The van der Waals surface area contributed by atoms with E-state index >= 15 is 0 Å². The van der Waals surface area contributed by atoms with Gasteiger partial charge in [0.1, 0.15) is 6.10 Å². The molecular weight excluding hydrogens is 418 g/mol. The van der Waals surface area contributed by atoms with Crippen LogP contribution in [0.2, 0.25) is 5.02 Å². The fourth-order valence-electron chi connectivity index (χ4n) is 3.58. The van der Waals surface area contributed by atoms with Gasteiger partial charge in [-0.2, -0.15) is 0 Å². The number of hydrogen-bond donors (Lipinski definition) is 1. The largest absolute Gasteiger partial charge is 0.386 e. The average Bonchev–Trinajstić information content (AvgIpc) is 2.89. The van der Waals surface area contributed by atoms with Crippen LogP contribution in [-0.2, 0) is 4.79 Å². The molecule has 0 bridgehead atoms. The Kier molecular flexibility index (Phi) is 5.54. The van der Waals surface area contributed by atoms with Gasteiger partial charge >= 0.3 is 0 Å². The molecule has 1 N–H and O–H groups in total. The van der Waals surface area contributed by atoms with Gasteiger partial charge in [-0.05, 0) is 35.9 Å². The number of nitrogens with zero attached hydrogens (tertiary/aromatic N) is 3. The topological polar surface area (TPSA) is 96.0 Å². The Morgan fingerprint density at radius 2 is 1.77 bits per heavy atom. The molecule has 0 saturated heterocycles. The van der Waals surface area contributed by atoms with E-state index in [9.17, 15) is 20.0 Å². The molecule has 1 aliphatic rings. The molecule has 0 spiro atoms. The molecule has 0 aromatic heterocycles. The quantitative estimate of drug-likeness (QED) is 0.491. The molecular formula is C23H18ClN3O4. The highest BCUT2D eigenvalue weighted by Gasteiger charge is 2.35. The Morgan fingerprint density at radius 1 is 1.10 bits per heavy atom. The molecule has 4 rings (SSSR count). The summed E-state index contributed by atoms with van der Waals surface area (Å²) in [6.07, 6.45) is -1.29. The van der Waals surface area contributed by atoms with Crippen LogP contribution in [0.25, 0.3) is 0 Å². The number of carbonyl (C=O) groups is 1. The zero-order valence-electron chi connectivity index (χ0n) is 16.5. The summed E-state index contributed by atoms with van der Waals surface area (Å²) >= 11 is 6.24. The minimum Gasteiger partial charge on any atom is -0.386 e. The highest BCUT2D eigenvalue weighted by atomic mass is 35.5. The number of aliphatic imine (C=N–C) groups is 1. The molecule has 1 amide bonds. The summed E-state index contributed by atoms with van der Waals surface area (Å²) in [6, 6.07) is 18.8. The summed E-state index contributed by atoms with van der Waals surface area (Å²) in [5, 5.41) is 22.5. The number of benzene rings is 3. The number of anilines is 1. The monoisotopic (exact) mass is 435 g/mol. The van der Waals surface area contributed by atoms with E-state index in [4.69, 9.17) is 11.6 Å². The number of fused-ring (bicyclic) bond motifs is 1. The minimum atomic E-state index is -1.29. The molecule has 2 unspecified atom stereocenters. The van der Waals surface area contributed by atoms with E-state index in [1.165, 1.54) is 29.2 Å². The predicted molar refractivity (Wildman–Crippen MR) is 119 cm³/mol. The smallest absolute Gasteiger partial charge is 0.269 e. The first-order valence-electron chi connectivity index (χ1n) is 9.50. The predicted octanol–water partition coefficient (Wildman–Crippen LogP) is 4.16. The van der Waals surface area contributed by atoms with Crippen molar-refractivity contribution in [3.05, 3.63) is 105 Å². The number of aliphatic hydroxyl groups is 1. The molecule has 3 aromatic carbocycles. The number of likely N-dealkylation sites (N-methyl/N-ethyl adjacent to an activating group) is 1. The van der Waals surface area contributed by atoms with Crippen molar-refractivity contribution in [2.45, 2.75) is 12.1 Å². The lowest BCUT2D eigenvalue weighted by Gasteiger charge is -2.23. The van der Waals surface area contributed by atoms with Crippen LogP contribution in [0.4, 0.5) is 11.4 Å². The Bertz CT molecular complexity index is 1180. The molecule has 3 aromatic rings. The Balaban J connectivity index is 1.85. The number of amides is 1. The van der Waals surface area contributed by atoms with Gasteiger partial charge in [0.25, 0.3) is 11.6 Å². The third kappa shape index (κ3) is 3.93. The average molecular weight is 436 g/mol. The second-order valence-electron chi connectivity index (χ2n) is 7.14. The number of non-ortho nitro benzene ring substituents is 1. The highest BCUT2D eigenvalue weighted by Crippen LogP contribution is 2.33. The standard InChI is InChI=1S/C23H18ClN3O4/c1-26-19-12-9-16(24)13-18(19)20(14-5-3-2-4-6-14)25-21(23(26)29)22(28)15-7-10-17(11-8-15)27(30)31/h2-13,21-22,28H,1H3. The van der Waals surface area contributed by atoms with Crippen molar-refractivity contribution >= 4 is 34.6 Å². The number of benzodiazepines with no additional fused rings is 1. The van der Waals surface area contributed by atoms with Crippen molar-refractivity contribution in [1.82, 2.24) is 0 Å². The minimum absolute atomic E-state index is 0.101. The number of nitro groups is 1. The maximum Gasteiger partial charge on any atom is 0.269 e. The summed E-state index contributed by atoms with van der Waals surface area (Å²) < 4.78 is 0. The van der Waals surface area contributed by atoms with Crippen molar-refractivity contribution in [2.24, 2.45) is 4.99 Å². The molecule has 0 saturated carbocycles. The fraction of sp³-hybridized carbons (Fsp3) is 0.130. The van der Waals surface area contributed by atoms with Crippen molar-refractivity contribution in [1.29, 1.82) is 0 Å². The lowest BCUT2D eigenvalue weighted by Crippen LogP contribution is -2.38. The number of aliphatic hydroxyl groups excluding tert-OH is 1. The molecule has 1 aliphatic heterocycles. The second-order valence-corrected chi connectivity index (χ2v) is 7.58. The van der Waals surface area contributed by atoms with Crippen LogP contribution in [0, 0.1) is 10.1 Å². The normalized spacial score (nSPS) is 16.9. The molecule has 0 aliphatic carbocycles. The maximum atomic E-state index is 13.3. The van der Waals surface area contributed by atoms with Crippen LogP contribution in [0.5, 0.6) is 0 Å². The Hall–Kier alpha value is -3.55. The van der Waals surface area contributed by atoms with Gasteiger partial charge in [-0.15, -0.1) is 0 Å². The Morgan fingerprint density at radius 3 is 2.42 bits per heavy atom. The van der Waals surface area contributed by atoms with E-state index in [2.05, 4.69) is 4.99 Å². The van der Waals surface area contributed by atoms with E-state index in [0.717, 1.165) is 5.56 Å². The summed E-state index contributed by atoms with van der Waals surface area (Å²) in [5.74, 6) is -0.402. The second kappa shape index (κ2) is 8.29. The molecule has 1 heterocycles. The van der Waals surface area contributed by atoms with E-state index in [1.54, 1.807) is 25.2 Å². The molecule has 31 heavy (non-hydrogen) atoms. The van der Waals surface area contributed by atoms with Crippen LogP contribution in [0.15, 0.2) is 77.8 Å². The number of hydrogen-bond acceptors (Lipinski definition) is 5. The first kappa shape index (κ1) is 20.7. The molecule has 7 nitrogen and oxygen atoms in total. The van der Waals surface area contributed by atoms with Crippen LogP contribution < -0.4 is 4.90 Å². The van der Waals surface area contributed by atoms with E-state index < -0.39 is 23.0 Å². The van der Waals surface area contributed by atoms with Crippen LogP contribution >= 0.6 is 11.6 Å². The van der Waals surface area contributed by atoms with Crippen molar-refractivity contribution < 1.29 is 14.8 Å². The van der Waals surface area contributed by atoms with Gasteiger partial charge in [0.05, 0.1) is 16.3 Å². The van der Waals surface area contributed by atoms with E-state index in [1.807, 2.05) is 30.3 Å². The summed E-state index contributed by atoms with van der Waals surface area (Å²) in [5.41, 5.74) is 2.86. The lowest BCUT2D eigenvalue weighted by atomic mass is 9.99. The third-order valence-electron chi connectivity index (χ3n) is 5.22. The van der Waals surface area contributed by atoms with Crippen molar-refractivity contribution in [3.63, 3.8) is 0 Å². The first-order chi connectivity index (χ1) is 14.9. The summed E-state index contributed by atoms with van der Waals surface area (Å²) in [7, 11) is 1.62. The van der Waals surface area contributed by atoms with Crippen molar-refractivity contribution in [3.8, 4) is 0 Å². The fourth-order valence-corrected chi connectivity index (χ4v) is 3.75. The summed E-state index contributed by atoms with van der Waals surface area (Å²) in [4.78, 5) is 29.8. The number of nitro benzene ring substituents is 1. The van der Waals surface area contributed by atoms with Crippen LogP contribution in [0.1, 0.15) is 22.8 Å². The zero-order chi connectivity index (χ0) is 22.1. The first-order valence-corrected chi connectivity index (χ1v) is 9.88. The van der Waals surface area contributed by atoms with Gasteiger partial charge in [0.15, 0.2) is 6.04 Å². The van der Waals surface area contributed by atoms with Gasteiger partial charge in [0, 0.05) is 35.3 Å². The van der Waals surface area contributed by atoms with Gasteiger partial charge in [-0.1, -0.05) is 41.9 Å². The summed E-state index contributed by atoms with van der Waals surface area (Å²) in [6.45, 7) is 0. The number of rotatable bonds is 4. The van der Waals surface area contributed by atoms with Crippen LogP contribution in [0.3, 0.4) is 0 Å². The molecule has 156 valence electrons. The third-order valence-corrected chi connectivity index (χ3v) is 5.45. The highest BCUT2D eigenvalue weighted by molar-refractivity contribution is 6.32. The van der Waals surface area contributed by atoms with E-state index in [-0.39, 0.29) is 5.69 Å². The zero-order valence-corrected chi connectivity index (χ0v) is 17.2. The Labute approximate surface area is 183 Å².